The Morgan fingerprint density at radius 2 is 2.00 bits per heavy atom. The Hall–Kier alpha value is -3.27. The lowest BCUT2D eigenvalue weighted by molar-refractivity contribution is 0.154. The highest BCUT2D eigenvalue weighted by atomic mass is 32.2. The van der Waals surface area contributed by atoms with Crippen LogP contribution in [-0.2, 0) is 16.6 Å². The summed E-state index contributed by atoms with van der Waals surface area (Å²) in [5.74, 6) is -0.698. The van der Waals surface area contributed by atoms with Gasteiger partial charge in [0.05, 0.1) is 18.4 Å². The van der Waals surface area contributed by atoms with Crippen LogP contribution in [0.25, 0.3) is 11.3 Å². The minimum Gasteiger partial charge on any atom is -0.465 e. The topological polar surface area (TPSA) is 105 Å². The molecule has 0 unspecified atom stereocenters. The molecule has 0 fully saturated rings. The second-order valence-corrected chi connectivity index (χ2v) is 7.53. The van der Waals surface area contributed by atoms with E-state index in [-0.39, 0.29) is 22.7 Å². The number of carbonyl (C=O) groups is 1. The molecule has 27 heavy (non-hydrogen) atoms. The molecule has 0 bridgehead atoms. The van der Waals surface area contributed by atoms with E-state index < -0.39 is 21.9 Å². The third-order valence-corrected chi connectivity index (χ3v) is 5.49. The summed E-state index contributed by atoms with van der Waals surface area (Å²) >= 11 is 0. The number of rotatable bonds is 5. The Morgan fingerprint density at radius 3 is 2.63 bits per heavy atom. The average Bonchev–Trinajstić information content (AvgIpc) is 3.07. The quantitative estimate of drug-likeness (QED) is 0.717. The third kappa shape index (κ3) is 3.65. The van der Waals surface area contributed by atoms with Crippen molar-refractivity contribution >= 4 is 16.1 Å². The van der Waals surface area contributed by atoms with E-state index in [1.54, 1.807) is 0 Å². The van der Waals surface area contributed by atoms with E-state index >= 15 is 0 Å². The highest BCUT2D eigenvalue weighted by molar-refractivity contribution is 7.90. The third-order valence-electron chi connectivity index (χ3n) is 3.83. The van der Waals surface area contributed by atoms with Gasteiger partial charge in [0.25, 0.3) is 10.0 Å². The molecule has 140 valence electrons. The van der Waals surface area contributed by atoms with Gasteiger partial charge < -0.3 is 10.0 Å². The Balaban J connectivity index is 2.18. The van der Waals surface area contributed by atoms with Crippen molar-refractivity contribution in [1.82, 2.24) is 18.8 Å². The van der Waals surface area contributed by atoms with Gasteiger partial charge in [0.2, 0.25) is 0 Å². The molecule has 0 aliphatic heterocycles. The number of aromatic nitrogens is 3. The standard InChI is InChI=1S/C17H15FN4O4S/c1-21(17(23)24)10-12-7-16(14-4-6-20-9-15(14)18)22(11-12)27(25,26)13-3-2-5-19-8-13/h2-9,11H,10H2,1H3,(H,23,24). The lowest BCUT2D eigenvalue weighted by Gasteiger charge is -2.11. The maximum Gasteiger partial charge on any atom is 0.407 e. The fraction of sp³-hybridized carbons (Fsp3) is 0.118. The van der Waals surface area contributed by atoms with E-state index in [4.69, 9.17) is 5.11 Å². The van der Waals surface area contributed by atoms with Crippen LogP contribution in [0.4, 0.5) is 9.18 Å². The van der Waals surface area contributed by atoms with Gasteiger partial charge in [0, 0.05) is 37.4 Å². The SMILES string of the molecule is CN(Cc1cc(-c2ccncc2F)n(S(=O)(=O)c2cccnc2)c1)C(=O)O. The summed E-state index contributed by atoms with van der Waals surface area (Å²) in [4.78, 5) is 19.5. The first kappa shape index (κ1) is 18.5. The van der Waals surface area contributed by atoms with E-state index in [0.29, 0.717) is 5.56 Å². The zero-order valence-electron chi connectivity index (χ0n) is 14.2. The largest absolute Gasteiger partial charge is 0.465 e. The molecule has 0 saturated carbocycles. The number of nitrogens with zero attached hydrogens (tertiary/aromatic N) is 4. The molecule has 8 nitrogen and oxygen atoms in total. The van der Waals surface area contributed by atoms with Crippen molar-refractivity contribution in [3.63, 3.8) is 0 Å². The number of pyridine rings is 2. The number of carboxylic acid groups (broad SMARTS) is 1. The Bertz CT molecular complexity index is 1080. The van der Waals surface area contributed by atoms with Crippen LogP contribution < -0.4 is 0 Å². The van der Waals surface area contributed by atoms with Crippen LogP contribution in [0.2, 0.25) is 0 Å². The van der Waals surface area contributed by atoms with Crippen LogP contribution in [0.15, 0.2) is 60.1 Å². The fourth-order valence-corrected chi connectivity index (χ4v) is 3.87. The molecule has 1 N–H and O–H groups in total. The highest BCUT2D eigenvalue weighted by Gasteiger charge is 2.24. The minimum atomic E-state index is -4.07. The van der Waals surface area contributed by atoms with Gasteiger partial charge in [-0.05, 0) is 29.8 Å². The number of halogens is 1. The predicted octanol–water partition coefficient (Wildman–Crippen LogP) is 2.43. The summed E-state index contributed by atoms with van der Waals surface area (Å²) in [5, 5.41) is 9.04. The molecular weight excluding hydrogens is 375 g/mol. The average molecular weight is 390 g/mol. The van der Waals surface area contributed by atoms with Crippen LogP contribution in [0.3, 0.4) is 0 Å². The van der Waals surface area contributed by atoms with Gasteiger partial charge >= 0.3 is 6.09 Å². The van der Waals surface area contributed by atoms with Gasteiger partial charge in [-0.1, -0.05) is 0 Å². The lowest BCUT2D eigenvalue weighted by atomic mass is 10.2. The van der Waals surface area contributed by atoms with Crippen molar-refractivity contribution in [2.75, 3.05) is 7.05 Å². The van der Waals surface area contributed by atoms with E-state index in [9.17, 15) is 17.6 Å². The second-order valence-electron chi connectivity index (χ2n) is 5.72. The van der Waals surface area contributed by atoms with E-state index in [2.05, 4.69) is 9.97 Å². The lowest BCUT2D eigenvalue weighted by Crippen LogP contribution is -2.23. The molecule has 1 amide bonds. The van der Waals surface area contributed by atoms with Crippen LogP contribution in [0.1, 0.15) is 5.56 Å². The van der Waals surface area contributed by atoms with Crippen molar-refractivity contribution in [3.8, 4) is 11.3 Å². The molecule has 0 aliphatic carbocycles. The normalized spacial score (nSPS) is 11.3. The predicted molar refractivity (Wildman–Crippen MR) is 93.9 cm³/mol. The molecule has 0 aliphatic rings. The summed E-state index contributed by atoms with van der Waals surface area (Å²) in [6.45, 7) is -0.0649. The van der Waals surface area contributed by atoms with Crippen molar-refractivity contribution in [1.29, 1.82) is 0 Å². The molecule has 3 aromatic heterocycles. The molecular formula is C17H15FN4O4S. The Morgan fingerprint density at radius 1 is 1.26 bits per heavy atom. The first-order valence-corrected chi connectivity index (χ1v) is 9.15. The summed E-state index contributed by atoms with van der Waals surface area (Å²) in [6, 6.07) is 5.64. The first-order chi connectivity index (χ1) is 12.8. The molecule has 3 rings (SSSR count). The van der Waals surface area contributed by atoms with Gasteiger partial charge in [0.1, 0.15) is 4.90 Å². The van der Waals surface area contributed by atoms with E-state index in [1.165, 1.54) is 56.1 Å². The van der Waals surface area contributed by atoms with Crippen molar-refractivity contribution < 1.29 is 22.7 Å². The van der Waals surface area contributed by atoms with Gasteiger partial charge in [-0.15, -0.1) is 0 Å². The number of hydrogen-bond donors (Lipinski definition) is 1. The number of amides is 1. The maximum absolute atomic E-state index is 14.3. The summed E-state index contributed by atoms with van der Waals surface area (Å²) in [5.41, 5.74) is 0.479. The van der Waals surface area contributed by atoms with E-state index in [1.807, 2.05) is 0 Å². The second kappa shape index (κ2) is 7.16. The van der Waals surface area contributed by atoms with Gasteiger partial charge in [-0.3, -0.25) is 9.97 Å². The molecule has 0 saturated heterocycles. The smallest absolute Gasteiger partial charge is 0.407 e. The zero-order valence-corrected chi connectivity index (χ0v) is 15.0. The van der Waals surface area contributed by atoms with Crippen molar-refractivity contribution in [2.45, 2.75) is 11.4 Å². The van der Waals surface area contributed by atoms with Crippen LogP contribution in [-0.4, -0.2) is 45.5 Å². The van der Waals surface area contributed by atoms with Gasteiger partial charge in [-0.25, -0.2) is 21.6 Å². The first-order valence-electron chi connectivity index (χ1n) is 7.71. The molecule has 10 heteroatoms. The zero-order chi connectivity index (χ0) is 19.6. The molecule has 0 atom stereocenters. The van der Waals surface area contributed by atoms with Crippen molar-refractivity contribution in [3.05, 3.63) is 66.6 Å². The fourth-order valence-electron chi connectivity index (χ4n) is 2.52. The molecule has 3 aromatic rings. The molecule has 3 heterocycles. The maximum atomic E-state index is 14.3. The summed E-state index contributed by atoms with van der Waals surface area (Å²) in [7, 11) is -2.72. The molecule has 0 radical (unpaired) electrons. The van der Waals surface area contributed by atoms with Gasteiger partial charge in [0.15, 0.2) is 5.82 Å². The van der Waals surface area contributed by atoms with Gasteiger partial charge in [-0.2, -0.15) is 0 Å². The summed E-state index contributed by atoms with van der Waals surface area (Å²) in [6.07, 6.45) is 5.05. The van der Waals surface area contributed by atoms with Crippen LogP contribution in [0.5, 0.6) is 0 Å². The Kier molecular flexibility index (Phi) is 4.91. The molecule has 0 aromatic carbocycles. The van der Waals surface area contributed by atoms with Crippen LogP contribution >= 0.6 is 0 Å². The van der Waals surface area contributed by atoms with Crippen LogP contribution in [0, 0.1) is 5.82 Å². The number of hydrogen-bond acceptors (Lipinski definition) is 5. The Labute approximate surface area is 154 Å². The minimum absolute atomic E-state index is 0.0293. The highest BCUT2D eigenvalue weighted by Crippen LogP contribution is 2.28. The van der Waals surface area contributed by atoms with Crippen molar-refractivity contribution in [2.24, 2.45) is 0 Å². The summed E-state index contributed by atoms with van der Waals surface area (Å²) < 4.78 is 41.2. The van der Waals surface area contributed by atoms with E-state index in [0.717, 1.165) is 15.1 Å². The molecule has 0 spiro atoms. The monoisotopic (exact) mass is 390 g/mol.